The second-order valence-corrected chi connectivity index (χ2v) is 19.4. The molecule has 0 saturated carbocycles. The molecule has 0 spiro atoms. The van der Waals surface area contributed by atoms with Crippen molar-refractivity contribution in [3.63, 3.8) is 0 Å². The molecular weight excluding hydrogens is 875 g/mol. The van der Waals surface area contributed by atoms with Crippen LogP contribution in [0.1, 0.15) is 196 Å². The fraction of sp³-hybridized carbons (Fsp3) is 0.868. The third-order valence-electron chi connectivity index (χ3n) is 13.3. The van der Waals surface area contributed by atoms with Crippen LogP contribution in [-0.4, -0.2) is 163 Å². The van der Waals surface area contributed by atoms with E-state index in [0.29, 0.717) is 26.1 Å². The molecule has 0 aromatic rings. The average Bonchev–Trinajstić information content (AvgIpc) is 3.33. The van der Waals surface area contributed by atoms with Gasteiger partial charge in [-0.25, -0.2) is 0 Å². The van der Waals surface area contributed by atoms with Crippen LogP contribution >= 0.6 is 0 Å². The molecule has 0 aliphatic rings. The Morgan fingerprint density at radius 3 is 1.07 bits per heavy atom. The third-order valence-corrected chi connectivity index (χ3v) is 13.3. The molecule has 6 N–H and O–H groups in total. The van der Waals surface area contributed by atoms with Gasteiger partial charge in [-0.3, -0.25) is 33.6 Å². The maximum Gasteiger partial charge on any atom is 0.242 e. The summed E-state index contributed by atoms with van der Waals surface area (Å²) in [5.41, 5.74) is 17.0. The van der Waals surface area contributed by atoms with Gasteiger partial charge in [-0.2, -0.15) is 0 Å². The van der Waals surface area contributed by atoms with Gasteiger partial charge in [-0.1, -0.05) is 170 Å². The molecule has 0 saturated heterocycles. The molecule has 0 rings (SSSR count). The van der Waals surface area contributed by atoms with E-state index in [2.05, 4.69) is 41.5 Å². The minimum absolute atomic E-state index is 0.0390. The van der Waals surface area contributed by atoms with Crippen LogP contribution in [0.15, 0.2) is 0 Å². The molecule has 402 valence electrons. The molecule has 16 nitrogen and oxygen atoms in total. The van der Waals surface area contributed by atoms with Crippen molar-refractivity contribution in [2.24, 2.45) is 29.0 Å². The first kappa shape index (κ1) is 65.2. The van der Waals surface area contributed by atoms with Gasteiger partial charge in [0, 0.05) is 52.4 Å². The first-order chi connectivity index (χ1) is 33.3. The van der Waals surface area contributed by atoms with Gasteiger partial charge >= 0.3 is 0 Å². The lowest BCUT2D eigenvalue weighted by molar-refractivity contribution is -0.148. The second-order valence-electron chi connectivity index (χ2n) is 19.4. The molecule has 2 unspecified atom stereocenters. The summed E-state index contributed by atoms with van der Waals surface area (Å²) in [6.45, 7) is 12.8. The highest BCUT2D eigenvalue weighted by Gasteiger charge is 2.30. The van der Waals surface area contributed by atoms with Crippen LogP contribution in [0.2, 0.25) is 0 Å². The number of hydrogen-bond acceptors (Lipinski definition) is 9. The topological polar surface area (TPSA) is 217 Å². The third kappa shape index (κ3) is 31.9. The summed E-state index contributed by atoms with van der Waals surface area (Å²) in [5.74, 6) is -2.48. The molecule has 7 amide bonds. The van der Waals surface area contributed by atoms with E-state index in [1.54, 1.807) is 9.80 Å². The summed E-state index contributed by atoms with van der Waals surface area (Å²) >= 11 is 0. The van der Waals surface area contributed by atoms with E-state index < -0.39 is 23.6 Å². The first-order valence-corrected chi connectivity index (χ1v) is 27.6. The molecule has 2 atom stereocenters. The Hall–Kier alpha value is -3.79. The van der Waals surface area contributed by atoms with Crippen molar-refractivity contribution >= 4 is 41.9 Å². The fourth-order valence-corrected chi connectivity index (χ4v) is 8.72. The zero-order chi connectivity index (χ0) is 51.7. The first-order valence-electron chi connectivity index (χ1n) is 27.6. The van der Waals surface area contributed by atoms with Crippen LogP contribution in [0, 0.1) is 11.8 Å². The van der Waals surface area contributed by atoms with Crippen molar-refractivity contribution in [2.75, 3.05) is 91.6 Å². The standard InChI is InChI=1S/C53H103N9O7/c1-7-13-17-19-21-23-25-27-33-57(45-63)40-49(65)61(37-46(11-5)29-15-9-3)43-51(67)58(34-28-26-24-22-20-18-14-8-2)42-53(69)62(38-47(12-6)30-16-10-4)44-52(68)60(36-32-55)41-50(66)59(35-31-54)39-48(56)64/h45-47H,7-44,54-55H2,1-6H3,(H2,56,64). The van der Waals surface area contributed by atoms with Gasteiger partial charge in [0.1, 0.15) is 0 Å². The number of rotatable bonds is 47. The van der Waals surface area contributed by atoms with Crippen LogP contribution in [-0.2, 0) is 33.6 Å². The van der Waals surface area contributed by atoms with Crippen molar-refractivity contribution in [1.29, 1.82) is 0 Å². The highest BCUT2D eigenvalue weighted by molar-refractivity contribution is 5.92. The molecule has 0 aliphatic heterocycles. The Bertz CT molecular complexity index is 1390. The summed E-state index contributed by atoms with van der Waals surface area (Å²) in [6, 6.07) is 0. The Morgan fingerprint density at radius 1 is 0.391 bits per heavy atom. The number of carbonyl (C=O) groups is 7. The van der Waals surface area contributed by atoms with Gasteiger partial charge in [0.15, 0.2) is 0 Å². The molecule has 0 aromatic carbocycles. The average molecular weight is 978 g/mol. The van der Waals surface area contributed by atoms with E-state index >= 15 is 0 Å². The van der Waals surface area contributed by atoms with E-state index in [4.69, 9.17) is 17.2 Å². The number of primary amides is 1. The second kappa shape index (κ2) is 43.0. The van der Waals surface area contributed by atoms with Crippen molar-refractivity contribution in [3.8, 4) is 0 Å². The predicted molar refractivity (Wildman–Crippen MR) is 280 cm³/mol. The monoisotopic (exact) mass is 978 g/mol. The lowest BCUT2D eigenvalue weighted by Crippen LogP contribution is -2.53. The molecule has 0 aromatic heterocycles. The number of hydrogen-bond donors (Lipinski definition) is 3. The highest BCUT2D eigenvalue weighted by atomic mass is 16.2. The number of nitrogens with two attached hydrogens (primary N) is 3. The molecule has 0 fully saturated rings. The van der Waals surface area contributed by atoms with E-state index in [-0.39, 0.29) is 95.6 Å². The quantitative estimate of drug-likeness (QED) is 0.0436. The SMILES string of the molecule is CCCCCCCCCCN(C=O)CC(=O)N(CC(=O)N(CCCCCCCCCC)CC(=O)N(CC(=O)N(CCN)CC(=O)N(CCN)CC(N)=O)CC(CC)CCCC)CC(CC)CCCC. The van der Waals surface area contributed by atoms with Gasteiger partial charge < -0.3 is 46.6 Å². The van der Waals surface area contributed by atoms with Gasteiger partial charge in [0.2, 0.25) is 41.9 Å². The van der Waals surface area contributed by atoms with Crippen LogP contribution in [0.3, 0.4) is 0 Å². The van der Waals surface area contributed by atoms with Crippen molar-refractivity contribution in [3.05, 3.63) is 0 Å². The molecule has 0 aliphatic carbocycles. The van der Waals surface area contributed by atoms with E-state index in [0.717, 1.165) is 109 Å². The van der Waals surface area contributed by atoms with Gasteiger partial charge in [0.25, 0.3) is 0 Å². The molecule has 69 heavy (non-hydrogen) atoms. The minimum atomic E-state index is -0.708. The maximum atomic E-state index is 14.7. The number of amides is 7. The van der Waals surface area contributed by atoms with Crippen LogP contribution < -0.4 is 17.2 Å². The molecule has 0 bridgehead atoms. The van der Waals surface area contributed by atoms with Gasteiger partial charge in [-0.15, -0.1) is 0 Å². The molecule has 16 heteroatoms. The van der Waals surface area contributed by atoms with Crippen LogP contribution in [0.25, 0.3) is 0 Å². The van der Waals surface area contributed by atoms with Crippen LogP contribution in [0.5, 0.6) is 0 Å². The Morgan fingerprint density at radius 2 is 0.710 bits per heavy atom. The number of unbranched alkanes of at least 4 members (excludes halogenated alkanes) is 16. The zero-order valence-corrected chi connectivity index (χ0v) is 44.9. The Balaban J connectivity index is 6.76. The zero-order valence-electron chi connectivity index (χ0n) is 44.9. The Labute approximate surface area is 419 Å². The maximum absolute atomic E-state index is 14.7. The Kier molecular flexibility index (Phi) is 40.7. The van der Waals surface area contributed by atoms with Crippen LogP contribution in [0.4, 0.5) is 0 Å². The van der Waals surface area contributed by atoms with Crippen molar-refractivity contribution in [2.45, 2.75) is 196 Å². The summed E-state index contributed by atoms with van der Waals surface area (Å²) in [4.78, 5) is 104. The smallest absolute Gasteiger partial charge is 0.242 e. The van der Waals surface area contributed by atoms with Gasteiger partial charge in [0.05, 0.1) is 39.3 Å². The van der Waals surface area contributed by atoms with Crippen molar-refractivity contribution < 1.29 is 33.6 Å². The lowest BCUT2D eigenvalue weighted by atomic mass is 9.98. The highest BCUT2D eigenvalue weighted by Crippen LogP contribution is 2.18. The molecule has 0 radical (unpaired) electrons. The lowest BCUT2D eigenvalue weighted by Gasteiger charge is -2.34. The summed E-state index contributed by atoms with van der Waals surface area (Å²) in [6.07, 6.45) is 25.4. The fourth-order valence-electron chi connectivity index (χ4n) is 8.72. The molecule has 0 heterocycles. The number of carbonyl (C=O) groups excluding carboxylic acids is 7. The van der Waals surface area contributed by atoms with Gasteiger partial charge in [-0.05, 0) is 37.5 Å². The summed E-state index contributed by atoms with van der Waals surface area (Å²) in [7, 11) is 0. The summed E-state index contributed by atoms with van der Waals surface area (Å²) in [5, 5.41) is 0. The normalized spacial score (nSPS) is 12.0. The molecular formula is C53H103N9O7. The summed E-state index contributed by atoms with van der Waals surface area (Å²) < 4.78 is 0. The predicted octanol–water partition coefficient (Wildman–Crippen LogP) is 6.70. The van der Waals surface area contributed by atoms with Crippen molar-refractivity contribution in [1.82, 2.24) is 29.4 Å². The van der Waals surface area contributed by atoms with E-state index in [1.807, 2.05) is 0 Å². The number of nitrogens with zero attached hydrogens (tertiary/aromatic N) is 6. The largest absolute Gasteiger partial charge is 0.368 e. The minimum Gasteiger partial charge on any atom is -0.368 e. The van der Waals surface area contributed by atoms with E-state index in [1.165, 1.54) is 64.5 Å². The van der Waals surface area contributed by atoms with E-state index in [9.17, 15) is 33.6 Å².